The van der Waals surface area contributed by atoms with Crippen LogP contribution in [-0.2, 0) is 0 Å². The maximum Gasteiger partial charge on any atom is 0.175 e. The highest BCUT2D eigenvalue weighted by Gasteiger charge is 2.14. The fourth-order valence-corrected chi connectivity index (χ4v) is 2.12. The van der Waals surface area contributed by atoms with E-state index in [1.165, 1.54) is 12.1 Å². The van der Waals surface area contributed by atoms with Gasteiger partial charge in [0.25, 0.3) is 0 Å². The summed E-state index contributed by atoms with van der Waals surface area (Å²) in [6, 6.07) is 6.14. The normalized spacial score (nSPS) is 12.8. The smallest absolute Gasteiger partial charge is 0.175 e. The predicted molar refractivity (Wildman–Crippen MR) is 67.5 cm³/mol. The third kappa shape index (κ3) is 3.63. The molecule has 1 rings (SSSR count). The molecule has 0 N–H and O–H groups in total. The molecule has 0 aliphatic rings. The molecule has 1 aromatic carbocycles. The molecule has 3 heteroatoms. The maximum atomic E-state index is 13.3. The van der Waals surface area contributed by atoms with Gasteiger partial charge in [0.1, 0.15) is 5.82 Å². The molecule has 0 spiro atoms. The lowest BCUT2D eigenvalue weighted by atomic mass is 10.1. The number of carbonyl (C=O) groups excluding carboxylic acids is 1. The van der Waals surface area contributed by atoms with Crippen LogP contribution in [0.1, 0.15) is 31.1 Å². The topological polar surface area (TPSA) is 17.1 Å². The van der Waals surface area contributed by atoms with Gasteiger partial charge in [0.2, 0.25) is 0 Å². The second-order valence-corrected chi connectivity index (χ2v) is 5.53. The number of thioether (sulfide) groups is 1. The van der Waals surface area contributed by atoms with Gasteiger partial charge in [-0.1, -0.05) is 32.9 Å². The molecule has 0 heterocycles. The highest BCUT2D eigenvalue weighted by molar-refractivity contribution is 8.00. The highest BCUT2D eigenvalue weighted by atomic mass is 32.2. The number of Topliss-reactive ketones (excluding diaryl/α,β-unsaturated/α-hetero) is 1. The van der Waals surface area contributed by atoms with E-state index in [-0.39, 0.29) is 11.3 Å². The zero-order valence-electron chi connectivity index (χ0n) is 9.87. The van der Waals surface area contributed by atoms with E-state index in [0.29, 0.717) is 16.9 Å². The minimum absolute atomic E-state index is 0.129. The largest absolute Gasteiger partial charge is 0.293 e. The Labute approximate surface area is 100 Å². The molecule has 0 bridgehead atoms. The van der Waals surface area contributed by atoms with Gasteiger partial charge in [-0.15, -0.1) is 0 Å². The van der Waals surface area contributed by atoms with Crippen molar-refractivity contribution in [2.75, 3.05) is 5.75 Å². The molecular formula is C13H17FOS. The summed E-state index contributed by atoms with van der Waals surface area (Å²) in [5, 5.41) is 0.413. The van der Waals surface area contributed by atoms with Crippen molar-refractivity contribution in [2.45, 2.75) is 26.0 Å². The second-order valence-electron chi connectivity index (χ2n) is 4.16. The van der Waals surface area contributed by atoms with Gasteiger partial charge in [0.05, 0.1) is 11.3 Å². The van der Waals surface area contributed by atoms with E-state index in [1.807, 2.05) is 0 Å². The maximum absolute atomic E-state index is 13.3. The molecular weight excluding hydrogens is 223 g/mol. The van der Waals surface area contributed by atoms with E-state index in [1.54, 1.807) is 23.9 Å². The molecule has 0 aromatic heterocycles. The summed E-state index contributed by atoms with van der Waals surface area (Å²) in [4.78, 5) is 11.7. The number of rotatable bonds is 5. The summed E-state index contributed by atoms with van der Waals surface area (Å²) in [7, 11) is 0. The summed E-state index contributed by atoms with van der Waals surface area (Å²) < 4.78 is 13.3. The molecule has 0 saturated carbocycles. The van der Waals surface area contributed by atoms with Crippen molar-refractivity contribution in [3.05, 3.63) is 35.6 Å². The number of benzene rings is 1. The first-order chi connectivity index (χ1) is 7.52. The van der Waals surface area contributed by atoms with Crippen LogP contribution in [0.15, 0.2) is 24.3 Å². The van der Waals surface area contributed by atoms with Gasteiger partial charge in [-0.2, -0.15) is 11.8 Å². The Balaban J connectivity index is 2.57. The average Bonchev–Trinajstić information content (AvgIpc) is 2.25. The third-order valence-electron chi connectivity index (χ3n) is 2.59. The molecule has 0 amide bonds. The molecule has 1 atom stereocenters. The van der Waals surface area contributed by atoms with E-state index in [0.717, 1.165) is 0 Å². The molecule has 1 aromatic rings. The molecule has 0 aliphatic carbocycles. The quantitative estimate of drug-likeness (QED) is 0.728. The molecule has 0 saturated heterocycles. The summed E-state index contributed by atoms with van der Waals surface area (Å²) >= 11 is 1.58. The van der Waals surface area contributed by atoms with Gasteiger partial charge in [-0.3, -0.25) is 4.79 Å². The van der Waals surface area contributed by atoms with Crippen molar-refractivity contribution in [2.24, 2.45) is 5.92 Å². The fraction of sp³-hybridized carbons (Fsp3) is 0.462. The Bertz CT molecular complexity index is 363. The minimum atomic E-state index is -0.426. The van der Waals surface area contributed by atoms with E-state index in [9.17, 15) is 9.18 Å². The lowest BCUT2D eigenvalue weighted by Crippen LogP contribution is -2.12. The average molecular weight is 240 g/mol. The van der Waals surface area contributed by atoms with E-state index in [2.05, 4.69) is 20.8 Å². The monoisotopic (exact) mass is 240 g/mol. The Morgan fingerprint density at radius 2 is 1.94 bits per heavy atom. The van der Waals surface area contributed by atoms with Gasteiger partial charge < -0.3 is 0 Å². The molecule has 0 aliphatic heterocycles. The SMILES string of the molecule is CC(C)C(C)SCC(=O)c1ccccc1F. The molecule has 0 fully saturated rings. The lowest BCUT2D eigenvalue weighted by Gasteiger charge is -2.14. The number of hydrogen-bond acceptors (Lipinski definition) is 2. The van der Waals surface area contributed by atoms with Gasteiger partial charge in [-0.25, -0.2) is 4.39 Å². The van der Waals surface area contributed by atoms with Crippen molar-refractivity contribution < 1.29 is 9.18 Å². The second kappa shape index (κ2) is 6.04. The molecule has 88 valence electrons. The zero-order chi connectivity index (χ0) is 12.1. The molecule has 1 unspecified atom stereocenters. The summed E-state index contributed by atoms with van der Waals surface area (Å²) in [5.41, 5.74) is 0.200. The fourth-order valence-electron chi connectivity index (χ4n) is 1.16. The minimum Gasteiger partial charge on any atom is -0.293 e. The molecule has 1 nitrogen and oxygen atoms in total. The van der Waals surface area contributed by atoms with Crippen LogP contribution < -0.4 is 0 Å². The summed E-state index contributed by atoms with van der Waals surface area (Å²) in [6.07, 6.45) is 0. The van der Waals surface area contributed by atoms with E-state index >= 15 is 0 Å². The van der Waals surface area contributed by atoms with E-state index in [4.69, 9.17) is 0 Å². The predicted octanol–water partition coefficient (Wildman–Crippen LogP) is 3.79. The number of halogens is 1. The Kier molecular flexibility index (Phi) is 5.00. The zero-order valence-corrected chi connectivity index (χ0v) is 10.7. The van der Waals surface area contributed by atoms with Crippen LogP contribution in [0.4, 0.5) is 4.39 Å². The summed E-state index contributed by atoms with van der Waals surface area (Å²) in [5.74, 6) is 0.319. The van der Waals surface area contributed by atoms with Crippen LogP contribution in [0, 0.1) is 11.7 Å². The number of ketones is 1. The standard InChI is InChI=1S/C13H17FOS/c1-9(2)10(3)16-8-13(15)11-6-4-5-7-12(11)14/h4-7,9-10H,8H2,1-3H3. The first-order valence-corrected chi connectivity index (χ1v) is 6.46. The van der Waals surface area contributed by atoms with Crippen LogP contribution in [0.25, 0.3) is 0 Å². The van der Waals surface area contributed by atoms with Crippen molar-refractivity contribution >= 4 is 17.5 Å². The van der Waals surface area contributed by atoms with Crippen molar-refractivity contribution in [3.8, 4) is 0 Å². The van der Waals surface area contributed by atoms with Crippen molar-refractivity contribution in [1.29, 1.82) is 0 Å². The summed E-state index contributed by atoms with van der Waals surface area (Å²) in [6.45, 7) is 6.32. The van der Waals surface area contributed by atoms with Crippen molar-refractivity contribution in [1.82, 2.24) is 0 Å². The van der Waals surface area contributed by atoms with Gasteiger partial charge in [0.15, 0.2) is 5.78 Å². The van der Waals surface area contributed by atoms with E-state index < -0.39 is 5.82 Å². The van der Waals surface area contributed by atoms with Crippen LogP contribution in [0.3, 0.4) is 0 Å². The van der Waals surface area contributed by atoms with Gasteiger partial charge >= 0.3 is 0 Å². The van der Waals surface area contributed by atoms with Crippen LogP contribution in [-0.4, -0.2) is 16.8 Å². The lowest BCUT2D eigenvalue weighted by molar-refractivity contribution is 0.101. The number of hydrogen-bond donors (Lipinski definition) is 0. The van der Waals surface area contributed by atoms with Crippen molar-refractivity contribution in [3.63, 3.8) is 0 Å². The first kappa shape index (κ1) is 13.2. The number of carbonyl (C=O) groups is 1. The Morgan fingerprint density at radius 3 is 2.50 bits per heavy atom. The highest BCUT2D eigenvalue weighted by Crippen LogP contribution is 2.20. The van der Waals surface area contributed by atoms with Crippen LogP contribution in [0.5, 0.6) is 0 Å². The Morgan fingerprint density at radius 1 is 1.31 bits per heavy atom. The van der Waals surface area contributed by atoms with Crippen LogP contribution >= 0.6 is 11.8 Å². The van der Waals surface area contributed by atoms with Gasteiger partial charge in [-0.05, 0) is 18.1 Å². The van der Waals surface area contributed by atoms with Crippen LogP contribution in [0.2, 0.25) is 0 Å². The molecule has 16 heavy (non-hydrogen) atoms. The Hall–Kier alpha value is -0.830. The van der Waals surface area contributed by atoms with Gasteiger partial charge in [0, 0.05) is 5.25 Å². The first-order valence-electron chi connectivity index (χ1n) is 5.41. The molecule has 0 radical (unpaired) electrons. The third-order valence-corrected chi connectivity index (χ3v) is 4.09.